The van der Waals surface area contributed by atoms with E-state index in [9.17, 15) is 4.79 Å². The fourth-order valence-corrected chi connectivity index (χ4v) is 2.99. The van der Waals surface area contributed by atoms with E-state index in [2.05, 4.69) is 17.1 Å². The van der Waals surface area contributed by atoms with Crippen LogP contribution in [-0.4, -0.2) is 29.4 Å². The molecule has 130 valence electrons. The van der Waals surface area contributed by atoms with Crippen LogP contribution in [0.2, 0.25) is 0 Å². The van der Waals surface area contributed by atoms with Crippen LogP contribution in [0.1, 0.15) is 24.5 Å². The van der Waals surface area contributed by atoms with Gasteiger partial charge in [0, 0.05) is 37.1 Å². The number of hydrogen-bond donors (Lipinski definition) is 1. The Balaban J connectivity index is 1.55. The maximum Gasteiger partial charge on any atom is 0.222 e. The van der Waals surface area contributed by atoms with Crippen LogP contribution < -0.4 is 4.74 Å². The number of ether oxygens (including phenoxy) is 1. The lowest BCUT2D eigenvalue weighted by Crippen LogP contribution is -2.26. The van der Waals surface area contributed by atoms with Crippen molar-refractivity contribution in [3.8, 4) is 5.75 Å². The summed E-state index contributed by atoms with van der Waals surface area (Å²) in [5.41, 5.74) is 3.41. The van der Waals surface area contributed by atoms with Gasteiger partial charge in [0.2, 0.25) is 5.91 Å². The Hall–Kier alpha value is -2.75. The SMILES string of the molecule is CCOc1ccc(CN(C)C(=O)CCc2c[nH]c3ccccc23)cc1. The van der Waals surface area contributed by atoms with Crippen LogP contribution in [0.3, 0.4) is 0 Å². The quantitative estimate of drug-likeness (QED) is 0.704. The lowest BCUT2D eigenvalue weighted by molar-refractivity contribution is -0.130. The molecule has 3 aromatic rings. The number of hydrogen-bond acceptors (Lipinski definition) is 2. The lowest BCUT2D eigenvalue weighted by Gasteiger charge is -2.17. The number of benzene rings is 2. The number of para-hydroxylation sites is 1. The zero-order valence-corrected chi connectivity index (χ0v) is 14.8. The summed E-state index contributed by atoms with van der Waals surface area (Å²) in [7, 11) is 1.86. The van der Waals surface area contributed by atoms with Crippen LogP contribution in [0.15, 0.2) is 54.7 Å². The minimum Gasteiger partial charge on any atom is -0.494 e. The summed E-state index contributed by atoms with van der Waals surface area (Å²) in [4.78, 5) is 17.5. The van der Waals surface area contributed by atoms with E-state index in [0.29, 0.717) is 19.6 Å². The predicted octanol–water partition coefficient (Wildman–Crippen LogP) is 4.16. The highest BCUT2D eigenvalue weighted by molar-refractivity contribution is 5.84. The number of rotatable bonds is 7. The number of aromatic amines is 1. The summed E-state index contributed by atoms with van der Waals surface area (Å²) in [5, 5.41) is 1.20. The highest BCUT2D eigenvalue weighted by Gasteiger charge is 2.11. The number of nitrogens with zero attached hydrogens (tertiary/aromatic N) is 1. The van der Waals surface area contributed by atoms with Crippen molar-refractivity contribution in [2.24, 2.45) is 0 Å². The average molecular weight is 336 g/mol. The maximum atomic E-state index is 12.4. The number of fused-ring (bicyclic) bond motifs is 1. The Labute approximate surface area is 148 Å². The zero-order chi connectivity index (χ0) is 17.6. The first kappa shape index (κ1) is 17.1. The van der Waals surface area contributed by atoms with Gasteiger partial charge in [0.05, 0.1) is 6.61 Å². The van der Waals surface area contributed by atoms with E-state index in [-0.39, 0.29) is 5.91 Å². The first-order chi connectivity index (χ1) is 12.2. The van der Waals surface area contributed by atoms with E-state index < -0.39 is 0 Å². The Morgan fingerprint density at radius 2 is 1.88 bits per heavy atom. The zero-order valence-electron chi connectivity index (χ0n) is 14.8. The molecule has 0 aliphatic heterocycles. The van der Waals surface area contributed by atoms with Crippen molar-refractivity contribution >= 4 is 16.8 Å². The summed E-state index contributed by atoms with van der Waals surface area (Å²) in [6.45, 7) is 3.23. The second-order valence-corrected chi connectivity index (χ2v) is 6.19. The van der Waals surface area contributed by atoms with Crippen molar-refractivity contribution in [1.82, 2.24) is 9.88 Å². The Morgan fingerprint density at radius 3 is 2.64 bits per heavy atom. The van der Waals surface area contributed by atoms with Crippen LogP contribution in [0.25, 0.3) is 10.9 Å². The molecule has 1 N–H and O–H groups in total. The van der Waals surface area contributed by atoms with Gasteiger partial charge in [0.15, 0.2) is 0 Å². The third kappa shape index (κ3) is 4.21. The highest BCUT2D eigenvalue weighted by Crippen LogP contribution is 2.19. The topological polar surface area (TPSA) is 45.3 Å². The molecular formula is C21H24N2O2. The molecule has 0 aliphatic rings. The van der Waals surface area contributed by atoms with Gasteiger partial charge in [0.25, 0.3) is 0 Å². The van der Waals surface area contributed by atoms with Crippen LogP contribution in [-0.2, 0) is 17.8 Å². The molecule has 1 heterocycles. The second kappa shape index (κ2) is 7.88. The summed E-state index contributed by atoms with van der Waals surface area (Å²) in [6.07, 6.45) is 3.26. The van der Waals surface area contributed by atoms with E-state index >= 15 is 0 Å². The van der Waals surface area contributed by atoms with Gasteiger partial charge in [-0.15, -0.1) is 0 Å². The molecule has 0 radical (unpaired) electrons. The van der Waals surface area contributed by atoms with Gasteiger partial charge in [-0.2, -0.15) is 0 Å². The average Bonchev–Trinajstić information content (AvgIpc) is 3.05. The highest BCUT2D eigenvalue weighted by atomic mass is 16.5. The first-order valence-corrected chi connectivity index (χ1v) is 8.68. The van der Waals surface area contributed by atoms with Gasteiger partial charge < -0.3 is 14.6 Å². The van der Waals surface area contributed by atoms with E-state index in [0.717, 1.165) is 23.3 Å². The third-order valence-corrected chi connectivity index (χ3v) is 4.36. The number of H-pyrrole nitrogens is 1. The van der Waals surface area contributed by atoms with Crippen molar-refractivity contribution in [1.29, 1.82) is 0 Å². The molecule has 0 saturated carbocycles. The summed E-state index contributed by atoms with van der Waals surface area (Å²) >= 11 is 0. The monoisotopic (exact) mass is 336 g/mol. The predicted molar refractivity (Wildman–Crippen MR) is 101 cm³/mol. The van der Waals surface area contributed by atoms with Gasteiger partial charge in [-0.05, 0) is 42.7 Å². The van der Waals surface area contributed by atoms with E-state index in [1.54, 1.807) is 4.90 Å². The number of carbonyl (C=O) groups is 1. The largest absolute Gasteiger partial charge is 0.494 e. The summed E-state index contributed by atoms with van der Waals surface area (Å²) < 4.78 is 5.44. The molecule has 3 rings (SSSR count). The molecule has 0 fully saturated rings. The molecule has 1 amide bonds. The molecule has 0 atom stereocenters. The molecule has 4 heteroatoms. The summed E-state index contributed by atoms with van der Waals surface area (Å²) in [6, 6.07) is 16.1. The normalized spacial score (nSPS) is 10.8. The molecule has 1 aromatic heterocycles. The first-order valence-electron chi connectivity index (χ1n) is 8.68. The van der Waals surface area contributed by atoms with Gasteiger partial charge in [-0.1, -0.05) is 30.3 Å². The van der Waals surface area contributed by atoms with Crippen molar-refractivity contribution in [3.05, 3.63) is 65.9 Å². The van der Waals surface area contributed by atoms with Crippen molar-refractivity contribution in [2.75, 3.05) is 13.7 Å². The van der Waals surface area contributed by atoms with Crippen LogP contribution in [0, 0.1) is 0 Å². The second-order valence-electron chi connectivity index (χ2n) is 6.19. The molecule has 0 spiro atoms. The molecule has 4 nitrogen and oxygen atoms in total. The minimum absolute atomic E-state index is 0.152. The Kier molecular flexibility index (Phi) is 5.39. The lowest BCUT2D eigenvalue weighted by atomic mass is 10.1. The maximum absolute atomic E-state index is 12.4. The molecule has 0 bridgehead atoms. The fourth-order valence-electron chi connectivity index (χ4n) is 2.99. The number of aromatic nitrogens is 1. The van der Waals surface area contributed by atoms with Crippen LogP contribution >= 0.6 is 0 Å². The van der Waals surface area contributed by atoms with Crippen molar-refractivity contribution < 1.29 is 9.53 Å². The van der Waals surface area contributed by atoms with Crippen LogP contribution in [0.5, 0.6) is 5.75 Å². The van der Waals surface area contributed by atoms with E-state index in [1.165, 1.54) is 10.9 Å². The Bertz CT molecular complexity index is 836. The van der Waals surface area contributed by atoms with E-state index in [1.807, 2.05) is 56.6 Å². The third-order valence-electron chi connectivity index (χ3n) is 4.36. The smallest absolute Gasteiger partial charge is 0.222 e. The molecule has 25 heavy (non-hydrogen) atoms. The van der Waals surface area contributed by atoms with Gasteiger partial charge in [0.1, 0.15) is 5.75 Å². The standard InChI is InChI=1S/C21H24N2O2/c1-3-25-18-11-8-16(9-12-18)15-23(2)21(24)13-10-17-14-22-20-7-5-4-6-19(17)20/h4-9,11-12,14,22H,3,10,13,15H2,1-2H3. The molecule has 0 unspecified atom stereocenters. The molecular weight excluding hydrogens is 312 g/mol. The Morgan fingerprint density at radius 1 is 1.12 bits per heavy atom. The minimum atomic E-state index is 0.152. The fraction of sp³-hybridized carbons (Fsp3) is 0.286. The van der Waals surface area contributed by atoms with Crippen molar-refractivity contribution in [3.63, 3.8) is 0 Å². The number of amides is 1. The van der Waals surface area contributed by atoms with Gasteiger partial charge >= 0.3 is 0 Å². The van der Waals surface area contributed by atoms with Gasteiger partial charge in [-0.3, -0.25) is 4.79 Å². The molecule has 0 aliphatic carbocycles. The van der Waals surface area contributed by atoms with Crippen molar-refractivity contribution in [2.45, 2.75) is 26.3 Å². The number of aryl methyl sites for hydroxylation is 1. The summed E-state index contributed by atoms with van der Waals surface area (Å²) in [5.74, 6) is 1.01. The molecule has 2 aromatic carbocycles. The molecule has 0 saturated heterocycles. The number of nitrogens with one attached hydrogen (secondary N) is 1. The van der Waals surface area contributed by atoms with Gasteiger partial charge in [-0.25, -0.2) is 0 Å². The van der Waals surface area contributed by atoms with Crippen LogP contribution in [0.4, 0.5) is 0 Å². The van der Waals surface area contributed by atoms with E-state index in [4.69, 9.17) is 4.74 Å². The number of carbonyl (C=O) groups excluding carboxylic acids is 1.